The van der Waals surface area contributed by atoms with Crippen LogP contribution in [0.4, 0.5) is 13.2 Å². The molecule has 14 heavy (non-hydrogen) atoms. The zero-order chi connectivity index (χ0) is 10.7. The summed E-state index contributed by atoms with van der Waals surface area (Å²) in [5.41, 5.74) is -0.720. The minimum absolute atomic E-state index is 0.0332. The maximum absolute atomic E-state index is 13.0. The van der Waals surface area contributed by atoms with Gasteiger partial charge in [0, 0.05) is 5.56 Å². The van der Waals surface area contributed by atoms with Crippen LogP contribution in [0.15, 0.2) is 6.07 Å². The molecule has 0 bridgehead atoms. The summed E-state index contributed by atoms with van der Waals surface area (Å²) in [5, 5.41) is 8.31. The maximum atomic E-state index is 13.0. The molecule has 74 valence electrons. The minimum Gasteiger partial charge on any atom is -0.250 e. The van der Waals surface area contributed by atoms with Crippen LogP contribution < -0.4 is 0 Å². The van der Waals surface area contributed by atoms with Crippen LogP contribution in [-0.4, -0.2) is 4.98 Å². The van der Waals surface area contributed by atoms with Crippen molar-refractivity contribution in [1.29, 1.82) is 5.26 Å². The van der Waals surface area contributed by atoms with Gasteiger partial charge in [0.2, 0.25) is 0 Å². The molecule has 0 radical (unpaired) electrons. The van der Waals surface area contributed by atoms with E-state index in [1.165, 1.54) is 6.92 Å². The van der Waals surface area contributed by atoms with Crippen LogP contribution in [0.3, 0.4) is 0 Å². The number of alkyl halides is 2. The van der Waals surface area contributed by atoms with Crippen molar-refractivity contribution < 1.29 is 13.2 Å². The summed E-state index contributed by atoms with van der Waals surface area (Å²) >= 11 is 0. The zero-order valence-corrected chi connectivity index (χ0v) is 7.39. The summed E-state index contributed by atoms with van der Waals surface area (Å²) in [7, 11) is 0. The van der Waals surface area contributed by atoms with Gasteiger partial charge in [-0.15, -0.1) is 0 Å². The van der Waals surface area contributed by atoms with Crippen molar-refractivity contribution in [3.8, 4) is 6.07 Å². The third kappa shape index (κ3) is 2.02. The van der Waals surface area contributed by atoms with Gasteiger partial charge in [0.05, 0.1) is 18.2 Å². The molecule has 1 aromatic heterocycles. The van der Waals surface area contributed by atoms with Crippen molar-refractivity contribution in [3.05, 3.63) is 28.8 Å². The average molecular weight is 200 g/mol. The molecule has 0 saturated carbocycles. The van der Waals surface area contributed by atoms with Gasteiger partial charge in [0.1, 0.15) is 11.5 Å². The molecule has 1 rings (SSSR count). The Morgan fingerprint density at radius 3 is 2.71 bits per heavy atom. The lowest BCUT2D eigenvalue weighted by Gasteiger charge is -2.06. The highest BCUT2D eigenvalue weighted by atomic mass is 19.3. The molecule has 0 atom stereocenters. The fourth-order valence-corrected chi connectivity index (χ4v) is 1.03. The summed E-state index contributed by atoms with van der Waals surface area (Å²) in [6, 6.07) is 2.73. The standard InChI is InChI=1S/C9H7F3N2/c1-5-7(10)4-6(2-3-13)14-8(5)9(11)12/h4,9H,2H2,1H3. The van der Waals surface area contributed by atoms with E-state index in [2.05, 4.69) is 4.98 Å². The van der Waals surface area contributed by atoms with Gasteiger partial charge in [0.15, 0.2) is 0 Å². The predicted molar refractivity (Wildman–Crippen MR) is 43.2 cm³/mol. The Morgan fingerprint density at radius 2 is 2.21 bits per heavy atom. The minimum atomic E-state index is -2.82. The van der Waals surface area contributed by atoms with Crippen molar-refractivity contribution >= 4 is 0 Å². The molecule has 0 saturated heterocycles. The van der Waals surface area contributed by atoms with Gasteiger partial charge in [-0.1, -0.05) is 0 Å². The topological polar surface area (TPSA) is 36.7 Å². The SMILES string of the molecule is Cc1c(F)cc(CC#N)nc1C(F)F. The molecule has 0 amide bonds. The Morgan fingerprint density at radius 1 is 1.57 bits per heavy atom. The van der Waals surface area contributed by atoms with Crippen LogP contribution in [0, 0.1) is 24.1 Å². The van der Waals surface area contributed by atoms with Crippen molar-refractivity contribution in [2.45, 2.75) is 19.8 Å². The molecule has 5 heteroatoms. The first-order valence-corrected chi connectivity index (χ1v) is 3.87. The Balaban J connectivity index is 3.22. The first kappa shape index (κ1) is 10.5. The van der Waals surface area contributed by atoms with Gasteiger partial charge in [-0.25, -0.2) is 13.2 Å². The Bertz CT molecular complexity index is 382. The van der Waals surface area contributed by atoms with Gasteiger partial charge in [-0.3, -0.25) is 4.98 Å². The van der Waals surface area contributed by atoms with Crippen LogP contribution in [0.2, 0.25) is 0 Å². The molecule has 1 heterocycles. The molecule has 0 aliphatic rings. The first-order chi connectivity index (χ1) is 6.56. The maximum Gasteiger partial charge on any atom is 0.280 e. The quantitative estimate of drug-likeness (QED) is 0.735. The smallest absolute Gasteiger partial charge is 0.250 e. The highest BCUT2D eigenvalue weighted by Crippen LogP contribution is 2.22. The van der Waals surface area contributed by atoms with E-state index in [1.54, 1.807) is 6.07 Å². The van der Waals surface area contributed by atoms with Gasteiger partial charge in [-0.2, -0.15) is 5.26 Å². The van der Waals surface area contributed by atoms with Gasteiger partial charge in [-0.05, 0) is 13.0 Å². The number of pyridine rings is 1. The van der Waals surface area contributed by atoms with E-state index in [0.29, 0.717) is 0 Å². The van der Waals surface area contributed by atoms with E-state index in [-0.39, 0.29) is 17.7 Å². The third-order valence-corrected chi connectivity index (χ3v) is 1.77. The summed E-state index contributed by atoms with van der Waals surface area (Å²) in [4.78, 5) is 3.51. The summed E-state index contributed by atoms with van der Waals surface area (Å²) in [6.07, 6.45) is -2.99. The monoisotopic (exact) mass is 200 g/mol. The fraction of sp³-hybridized carbons (Fsp3) is 0.333. The van der Waals surface area contributed by atoms with Crippen LogP contribution in [0.5, 0.6) is 0 Å². The molecule has 0 fully saturated rings. The van der Waals surface area contributed by atoms with E-state index < -0.39 is 17.9 Å². The largest absolute Gasteiger partial charge is 0.280 e. The lowest BCUT2D eigenvalue weighted by molar-refractivity contribution is 0.144. The van der Waals surface area contributed by atoms with Crippen LogP contribution in [-0.2, 0) is 6.42 Å². The van der Waals surface area contributed by atoms with Crippen molar-refractivity contribution in [1.82, 2.24) is 4.98 Å². The molecular formula is C9H7F3N2. The number of nitrogens with zero attached hydrogens (tertiary/aromatic N) is 2. The predicted octanol–water partition coefficient (Wildman–Crippen LogP) is 2.53. The van der Waals surface area contributed by atoms with Gasteiger partial charge in [0.25, 0.3) is 6.43 Å². The second kappa shape index (κ2) is 4.09. The number of halogens is 3. The second-order valence-electron chi connectivity index (χ2n) is 2.74. The highest BCUT2D eigenvalue weighted by Gasteiger charge is 2.16. The van der Waals surface area contributed by atoms with E-state index in [9.17, 15) is 13.2 Å². The van der Waals surface area contributed by atoms with Crippen LogP contribution >= 0.6 is 0 Å². The van der Waals surface area contributed by atoms with Crippen LogP contribution in [0.1, 0.15) is 23.4 Å². The molecule has 0 N–H and O–H groups in total. The zero-order valence-electron chi connectivity index (χ0n) is 7.39. The third-order valence-electron chi connectivity index (χ3n) is 1.77. The summed E-state index contributed by atoms with van der Waals surface area (Å²) < 4.78 is 37.7. The summed E-state index contributed by atoms with van der Waals surface area (Å²) in [5.74, 6) is -0.749. The van der Waals surface area contributed by atoms with Crippen molar-refractivity contribution in [2.75, 3.05) is 0 Å². The molecular weight excluding hydrogens is 193 g/mol. The molecule has 0 aliphatic carbocycles. The van der Waals surface area contributed by atoms with E-state index in [0.717, 1.165) is 6.07 Å². The lowest BCUT2D eigenvalue weighted by Crippen LogP contribution is -2.02. The normalized spacial score (nSPS) is 10.3. The number of nitriles is 1. The van der Waals surface area contributed by atoms with E-state index in [4.69, 9.17) is 5.26 Å². The Labute approximate surface area is 79.0 Å². The van der Waals surface area contributed by atoms with E-state index >= 15 is 0 Å². The fourth-order valence-electron chi connectivity index (χ4n) is 1.03. The molecule has 0 spiro atoms. The van der Waals surface area contributed by atoms with Crippen molar-refractivity contribution in [3.63, 3.8) is 0 Å². The first-order valence-electron chi connectivity index (χ1n) is 3.87. The lowest BCUT2D eigenvalue weighted by atomic mass is 10.1. The van der Waals surface area contributed by atoms with Crippen LogP contribution in [0.25, 0.3) is 0 Å². The molecule has 2 nitrogen and oxygen atoms in total. The average Bonchev–Trinajstić information content (AvgIpc) is 2.11. The van der Waals surface area contributed by atoms with Gasteiger partial charge >= 0.3 is 0 Å². The number of hydrogen-bond donors (Lipinski definition) is 0. The molecule has 0 aliphatic heterocycles. The molecule has 0 unspecified atom stereocenters. The number of aromatic nitrogens is 1. The Kier molecular flexibility index (Phi) is 3.07. The second-order valence-corrected chi connectivity index (χ2v) is 2.74. The van der Waals surface area contributed by atoms with Crippen molar-refractivity contribution in [2.24, 2.45) is 0 Å². The van der Waals surface area contributed by atoms with E-state index in [1.807, 2.05) is 0 Å². The summed E-state index contributed by atoms with van der Waals surface area (Å²) in [6.45, 7) is 1.24. The number of hydrogen-bond acceptors (Lipinski definition) is 2. The van der Waals surface area contributed by atoms with Gasteiger partial charge < -0.3 is 0 Å². The molecule has 0 aromatic carbocycles. The molecule has 1 aromatic rings. The number of rotatable bonds is 2. The Hall–Kier alpha value is -1.57. The highest BCUT2D eigenvalue weighted by molar-refractivity contribution is 5.25.